The van der Waals surface area contributed by atoms with E-state index in [0.29, 0.717) is 24.3 Å². The van der Waals surface area contributed by atoms with Crippen molar-refractivity contribution in [2.24, 2.45) is 4.99 Å². The highest BCUT2D eigenvalue weighted by molar-refractivity contribution is 6.04. The number of nitrogens with zero attached hydrogens (tertiary/aromatic N) is 4. The molecule has 4 rings (SSSR count). The largest absolute Gasteiger partial charge is 0.468 e. The number of halogens is 3. The predicted molar refractivity (Wildman–Crippen MR) is 124 cm³/mol. The molecule has 2 aromatic rings. The maximum absolute atomic E-state index is 12.4. The van der Waals surface area contributed by atoms with Gasteiger partial charge in [-0.3, -0.25) is 9.78 Å². The molecule has 0 bridgehead atoms. The highest BCUT2D eigenvalue weighted by Crippen LogP contribution is 2.22. The summed E-state index contributed by atoms with van der Waals surface area (Å²) < 4.78 is 48.0. The van der Waals surface area contributed by atoms with Gasteiger partial charge < -0.3 is 14.4 Å². The van der Waals surface area contributed by atoms with Crippen LogP contribution in [0.4, 0.5) is 13.2 Å². The monoisotopic (exact) mass is 490 g/mol. The number of amides is 1. The lowest BCUT2D eigenvalue weighted by Crippen LogP contribution is -2.33. The molecule has 10 heteroatoms. The molecule has 0 radical (unpaired) electrons. The second kappa shape index (κ2) is 11.3. The maximum Gasteiger partial charge on any atom is 0.422 e. The summed E-state index contributed by atoms with van der Waals surface area (Å²) in [6.45, 7) is 3.30. The third-order valence-electron chi connectivity index (χ3n) is 6.29. The first-order chi connectivity index (χ1) is 16.8. The van der Waals surface area contributed by atoms with Crippen molar-refractivity contribution in [3.63, 3.8) is 0 Å². The van der Waals surface area contributed by atoms with Gasteiger partial charge in [-0.1, -0.05) is 6.07 Å². The van der Waals surface area contributed by atoms with Crippen LogP contribution in [-0.4, -0.2) is 71.6 Å². The quantitative estimate of drug-likeness (QED) is 0.610. The zero-order chi connectivity index (χ0) is 24.8. The third-order valence-corrected chi connectivity index (χ3v) is 6.29. The molecule has 2 aromatic heterocycles. The fourth-order valence-electron chi connectivity index (χ4n) is 4.32. The van der Waals surface area contributed by atoms with E-state index in [2.05, 4.69) is 19.9 Å². The molecule has 0 spiro atoms. The van der Waals surface area contributed by atoms with Gasteiger partial charge in [0.05, 0.1) is 24.0 Å². The Bertz CT molecular complexity index is 1060. The fraction of sp³-hybridized carbons (Fsp3) is 0.520. The number of hydrogen-bond acceptors (Lipinski definition) is 6. The lowest BCUT2D eigenvalue weighted by molar-refractivity contribution is -0.154. The number of aryl methyl sites for hydroxylation is 1. The van der Waals surface area contributed by atoms with Crippen LogP contribution in [0.5, 0.6) is 5.88 Å². The Morgan fingerprint density at radius 3 is 2.80 bits per heavy atom. The Morgan fingerprint density at radius 2 is 2.06 bits per heavy atom. The van der Waals surface area contributed by atoms with E-state index < -0.39 is 12.8 Å². The molecule has 1 unspecified atom stereocenters. The van der Waals surface area contributed by atoms with E-state index in [1.807, 2.05) is 6.07 Å². The number of fused-ring (bicyclic) bond motifs is 1. The summed E-state index contributed by atoms with van der Waals surface area (Å²) in [6, 6.07) is 6.78. The zero-order valence-electron chi connectivity index (χ0n) is 19.7. The lowest BCUT2D eigenvalue weighted by atomic mass is 10.0. The molecule has 4 heterocycles. The van der Waals surface area contributed by atoms with Gasteiger partial charge in [-0.25, -0.2) is 9.98 Å². The van der Waals surface area contributed by atoms with Crippen LogP contribution in [0.1, 0.15) is 46.6 Å². The molecule has 0 saturated carbocycles. The Labute approximate surface area is 202 Å². The molecule has 2 aliphatic heterocycles. The van der Waals surface area contributed by atoms with Crippen LogP contribution in [0.3, 0.4) is 0 Å². The molecule has 0 N–H and O–H groups in total. The van der Waals surface area contributed by atoms with E-state index in [1.165, 1.54) is 6.07 Å². The van der Waals surface area contributed by atoms with E-state index in [9.17, 15) is 18.0 Å². The molecular formula is C25H29F3N4O3. The van der Waals surface area contributed by atoms with Crippen molar-refractivity contribution in [3.05, 3.63) is 53.0 Å². The van der Waals surface area contributed by atoms with Crippen molar-refractivity contribution in [1.29, 1.82) is 0 Å². The average Bonchev–Trinajstić information content (AvgIpc) is 3.04. The minimum absolute atomic E-state index is 0.0137. The first-order valence-corrected chi connectivity index (χ1v) is 11.8. The van der Waals surface area contributed by atoms with Gasteiger partial charge in [0.2, 0.25) is 5.88 Å². The van der Waals surface area contributed by atoms with E-state index in [1.54, 1.807) is 25.3 Å². The zero-order valence-corrected chi connectivity index (χ0v) is 19.7. The van der Waals surface area contributed by atoms with Gasteiger partial charge in [0.15, 0.2) is 6.61 Å². The van der Waals surface area contributed by atoms with Crippen LogP contribution in [0, 0.1) is 6.92 Å². The van der Waals surface area contributed by atoms with Crippen molar-refractivity contribution in [3.8, 4) is 5.88 Å². The molecule has 1 amide bonds. The molecule has 1 fully saturated rings. The van der Waals surface area contributed by atoms with Crippen molar-refractivity contribution < 1.29 is 27.4 Å². The van der Waals surface area contributed by atoms with Gasteiger partial charge in [-0.05, 0) is 50.3 Å². The van der Waals surface area contributed by atoms with Gasteiger partial charge >= 0.3 is 6.18 Å². The lowest BCUT2D eigenvalue weighted by Gasteiger charge is -2.27. The summed E-state index contributed by atoms with van der Waals surface area (Å²) in [6.07, 6.45) is 1.24. The smallest absolute Gasteiger partial charge is 0.422 e. The van der Waals surface area contributed by atoms with Crippen LogP contribution in [0.2, 0.25) is 0 Å². The second-order valence-corrected chi connectivity index (χ2v) is 8.88. The van der Waals surface area contributed by atoms with Crippen LogP contribution >= 0.6 is 0 Å². The number of aliphatic imine (C=N–C) groups is 1. The van der Waals surface area contributed by atoms with Crippen molar-refractivity contribution in [2.45, 2.75) is 51.3 Å². The number of alkyl halides is 3. The first-order valence-electron chi connectivity index (χ1n) is 11.8. The topological polar surface area (TPSA) is 76.9 Å². The van der Waals surface area contributed by atoms with Crippen LogP contribution < -0.4 is 4.74 Å². The Balaban J connectivity index is 1.22. The second-order valence-electron chi connectivity index (χ2n) is 8.88. The minimum Gasteiger partial charge on any atom is -0.468 e. The van der Waals surface area contributed by atoms with E-state index >= 15 is 0 Å². The summed E-state index contributed by atoms with van der Waals surface area (Å²) in [7, 11) is 0. The fourth-order valence-corrected chi connectivity index (χ4v) is 4.32. The van der Waals surface area contributed by atoms with Crippen molar-refractivity contribution >= 4 is 11.6 Å². The van der Waals surface area contributed by atoms with E-state index in [-0.39, 0.29) is 17.9 Å². The normalized spacial score (nSPS) is 20.3. The predicted octanol–water partition coefficient (Wildman–Crippen LogP) is 3.98. The SMILES string of the molecule is Cc1ncccc1C(=O)N=C1CCC(CCN2CCc3ccc(OCC(F)(F)F)nc3CC2)OC1. The van der Waals surface area contributed by atoms with Gasteiger partial charge in [0, 0.05) is 49.7 Å². The first kappa shape index (κ1) is 25.2. The minimum atomic E-state index is -4.38. The molecule has 188 valence electrons. The highest BCUT2D eigenvalue weighted by Gasteiger charge is 2.29. The average molecular weight is 491 g/mol. The molecule has 7 nitrogen and oxygen atoms in total. The molecule has 35 heavy (non-hydrogen) atoms. The van der Waals surface area contributed by atoms with Gasteiger partial charge in [-0.2, -0.15) is 13.2 Å². The number of pyridine rings is 2. The number of hydrogen-bond donors (Lipinski definition) is 0. The van der Waals surface area contributed by atoms with E-state index in [4.69, 9.17) is 9.47 Å². The number of ether oxygens (including phenoxy) is 2. The summed E-state index contributed by atoms with van der Waals surface area (Å²) in [4.78, 5) is 27.4. The van der Waals surface area contributed by atoms with Crippen LogP contribution in [0.25, 0.3) is 0 Å². The summed E-state index contributed by atoms with van der Waals surface area (Å²) in [5, 5.41) is 0. The Hall–Kier alpha value is -2.85. The highest BCUT2D eigenvalue weighted by atomic mass is 19.4. The summed E-state index contributed by atoms with van der Waals surface area (Å²) in [5.41, 5.74) is 3.79. The van der Waals surface area contributed by atoms with Crippen LogP contribution in [0.15, 0.2) is 35.5 Å². The summed E-state index contributed by atoms with van der Waals surface area (Å²) >= 11 is 0. The maximum atomic E-state index is 12.4. The number of rotatable bonds is 6. The molecule has 1 atom stereocenters. The number of aromatic nitrogens is 2. The third kappa shape index (κ3) is 7.32. The Kier molecular flexibility index (Phi) is 8.12. The molecule has 2 aliphatic rings. The standard InChI is InChI=1S/C25H29F3N4O3/c1-17-21(3-2-11-29-17)24(33)30-19-5-6-20(34-15-19)9-13-32-12-8-18-4-7-23(31-22(18)10-14-32)35-16-25(26,27)28/h2-4,7,11,20H,5-6,8-10,12-16H2,1H3. The summed E-state index contributed by atoms with van der Waals surface area (Å²) in [5.74, 6) is -0.267. The van der Waals surface area contributed by atoms with Crippen LogP contribution in [-0.2, 0) is 17.6 Å². The van der Waals surface area contributed by atoms with Gasteiger partial charge in [0.1, 0.15) is 0 Å². The molecule has 1 saturated heterocycles. The number of carbonyl (C=O) groups excluding carboxylic acids is 1. The van der Waals surface area contributed by atoms with Gasteiger partial charge in [0.25, 0.3) is 5.91 Å². The molecular weight excluding hydrogens is 461 g/mol. The van der Waals surface area contributed by atoms with Crippen molar-refractivity contribution in [2.75, 3.05) is 32.8 Å². The molecule has 0 aromatic carbocycles. The van der Waals surface area contributed by atoms with Crippen molar-refractivity contribution in [1.82, 2.24) is 14.9 Å². The van der Waals surface area contributed by atoms with Gasteiger partial charge in [-0.15, -0.1) is 0 Å². The number of carbonyl (C=O) groups is 1. The van der Waals surface area contributed by atoms with E-state index in [0.717, 1.165) is 62.3 Å². The Morgan fingerprint density at radius 1 is 1.23 bits per heavy atom. The molecule has 0 aliphatic carbocycles.